The summed E-state index contributed by atoms with van der Waals surface area (Å²) in [5.41, 5.74) is 7.44. The SMILES string of the molecule is CC(c1ccc(OCC(F)F)c(CN)c1)N1CC=CN1CCO. The maximum Gasteiger partial charge on any atom is 0.272 e. The van der Waals surface area contributed by atoms with E-state index in [2.05, 4.69) is 5.01 Å². The van der Waals surface area contributed by atoms with Crippen LogP contribution < -0.4 is 10.5 Å². The molecule has 0 bridgehead atoms. The van der Waals surface area contributed by atoms with E-state index in [1.54, 1.807) is 6.07 Å². The molecule has 0 saturated heterocycles. The van der Waals surface area contributed by atoms with Gasteiger partial charge in [0, 0.05) is 24.9 Å². The molecule has 1 heterocycles. The van der Waals surface area contributed by atoms with Crippen LogP contribution >= 0.6 is 0 Å². The fraction of sp³-hybridized carbons (Fsp3) is 0.500. The Labute approximate surface area is 134 Å². The Morgan fingerprint density at radius 3 is 2.83 bits per heavy atom. The van der Waals surface area contributed by atoms with Gasteiger partial charge in [0.05, 0.1) is 19.2 Å². The predicted octanol–water partition coefficient (Wildman–Crippen LogP) is 1.89. The molecule has 1 aliphatic rings. The lowest BCUT2D eigenvalue weighted by molar-refractivity contribution is 0.00111. The molecule has 7 heteroatoms. The van der Waals surface area contributed by atoms with Gasteiger partial charge in [-0.05, 0) is 24.6 Å². The van der Waals surface area contributed by atoms with Gasteiger partial charge < -0.3 is 20.6 Å². The molecule has 0 aromatic heterocycles. The summed E-state index contributed by atoms with van der Waals surface area (Å²) in [4.78, 5) is 0. The van der Waals surface area contributed by atoms with E-state index in [-0.39, 0.29) is 19.2 Å². The van der Waals surface area contributed by atoms with Crippen molar-refractivity contribution in [2.24, 2.45) is 5.73 Å². The Balaban J connectivity index is 2.13. The minimum absolute atomic E-state index is 0.0611. The van der Waals surface area contributed by atoms with E-state index in [0.717, 1.165) is 12.1 Å². The van der Waals surface area contributed by atoms with Crippen LogP contribution in [0.1, 0.15) is 24.1 Å². The van der Waals surface area contributed by atoms with Crippen molar-refractivity contribution in [1.29, 1.82) is 0 Å². The van der Waals surface area contributed by atoms with Crippen molar-refractivity contribution in [3.05, 3.63) is 41.6 Å². The maximum atomic E-state index is 12.3. The largest absolute Gasteiger partial charge is 0.487 e. The number of aliphatic hydroxyl groups is 1. The second-order valence-electron chi connectivity index (χ2n) is 5.34. The van der Waals surface area contributed by atoms with Gasteiger partial charge >= 0.3 is 0 Å². The van der Waals surface area contributed by atoms with Crippen LogP contribution in [0.4, 0.5) is 8.78 Å². The first-order valence-corrected chi connectivity index (χ1v) is 7.61. The van der Waals surface area contributed by atoms with E-state index in [1.807, 2.05) is 36.3 Å². The van der Waals surface area contributed by atoms with Crippen LogP contribution in [0.15, 0.2) is 30.5 Å². The lowest BCUT2D eigenvalue weighted by Crippen LogP contribution is -2.38. The zero-order valence-electron chi connectivity index (χ0n) is 13.2. The molecule has 1 atom stereocenters. The third kappa shape index (κ3) is 4.40. The van der Waals surface area contributed by atoms with Crippen LogP contribution in [0.2, 0.25) is 0 Å². The highest BCUT2D eigenvalue weighted by Gasteiger charge is 2.23. The summed E-state index contributed by atoms with van der Waals surface area (Å²) in [5.74, 6) is 0.399. The predicted molar refractivity (Wildman–Crippen MR) is 83.9 cm³/mol. The highest BCUT2D eigenvalue weighted by Crippen LogP contribution is 2.29. The van der Waals surface area contributed by atoms with Crippen molar-refractivity contribution in [2.75, 3.05) is 26.3 Å². The molecular formula is C16H23F2N3O2. The van der Waals surface area contributed by atoms with Crippen LogP contribution in [0, 0.1) is 0 Å². The summed E-state index contributed by atoms with van der Waals surface area (Å²) < 4.78 is 29.7. The Morgan fingerprint density at radius 1 is 1.39 bits per heavy atom. The van der Waals surface area contributed by atoms with E-state index >= 15 is 0 Å². The van der Waals surface area contributed by atoms with Crippen LogP contribution in [-0.4, -0.2) is 47.9 Å². The zero-order chi connectivity index (χ0) is 16.8. The minimum atomic E-state index is -2.51. The van der Waals surface area contributed by atoms with Crippen LogP contribution in [-0.2, 0) is 6.54 Å². The van der Waals surface area contributed by atoms with Gasteiger partial charge in [-0.15, -0.1) is 0 Å². The molecule has 1 unspecified atom stereocenters. The minimum Gasteiger partial charge on any atom is -0.487 e. The Bertz CT molecular complexity index is 540. The quantitative estimate of drug-likeness (QED) is 0.763. The number of nitrogens with zero attached hydrogens (tertiary/aromatic N) is 2. The molecule has 0 saturated carbocycles. The molecule has 0 spiro atoms. The maximum absolute atomic E-state index is 12.3. The van der Waals surface area contributed by atoms with E-state index in [4.69, 9.17) is 15.6 Å². The number of benzene rings is 1. The molecule has 0 fully saturated rings. The molecule has 128 valence electrons. The first-order valence-electron chi connectivity index (χ1n) is 7.61. The van der Waals surface area contributed by atoms with E-state index in [0.29, 0.717) is 17.9 Å². The Morgan fingerprint density at radius 2 is 2.17 bits per heavy atom. The molecule has 1 aromatic carbocycles. The van der Waals surface area contributed by atoms with Crippen molar-refractivity contribution in [2.45, 2.75) is 25.9 Å². The van der Waals surface area contributed by atoms with Gasteiger partial charge in [-0.1, -0.05) is 12.1 Å². The number of halogens is 2. The molecule has 0 aliphatic carbocycles. The Kier molecular flexibility index (Phi) is 6.32. The van der Waals surface area contributed by atoms with E-state index in [1.165, 1.54) is 0 Å². The molecule has 1 aromatic rings. The summed E-state index contributed by atoms with van der Waals surface area (Å²) in [6.07, 6.45) is 1.45. The van der Waals surface area contributed by atoms with Crippen LogP contribution in [0.3, 0.4) is 0 Å². The monoisotopic (exact) mass is 327 g/mol. The first-order chi connectivity index (χ1) is 11.1. The standard InChI is InChI=1S/C16H23F2N3O2/c1-12(21-6-2-5-20(21)7-8-22)13-3-4-15(14(9-13)10-19)23-11-16(17)18/h2-5,9,12,16,22H,6-8,10-11,19H2,1H3. The molecule has 23 heavy (non-hydrogen) atoms. The number of ether oxygens (including phenoxy) is 1. The summed E-state index contributed by atoms with van der Waals surface area (Å²) in [6, 6.07) is 5.50. The van der Waals surface area contributed by atoms with Gasteiger partial charge in [-0.3, -0.25) is 0 Å². The second kappa shape index (κ2) is 8.24. The summed E-state index contributed by atoms with van der Waals surface area (Å²) in [6.45, 7) is 2.98. The van der Waals surface area contributed by atoms with Crippen molar-refractivity contribution in [3.63, 3.8) is 0 Å². The van der Waals surface area contributed by atoms with Crippen molar-refractivity contribution >= 4 is 0 Å². The van der Waals surface area contributed by atoms with Gasteiger partial charge in [0.1, 0.15) is 12.4 Å². The van der Waals surface area contributed by atoms with Gasteiger partial charge in [-0.25, -0.2) is 13.8 Å². The molecule has 0 amide bonds. The number of aliphatic hydroxyl groups excluding tert-OH is 1. The van der Waals surface area contributed by atoms with Gasteiger partial charge in [0.25, 0.3) is 6.43 Å². The highest BCUT2D eigenvalue weighted by molar-refractivity contribution is 5.38. The van der Waals surface area contributed by atoms with Crippen molar-refractivity contribution in [3.8, 4) is 5.75 Å². The number of hydrogen-bond acceptors (Lipinski definition) is 5. The number of hydrogen-bond donors (Lipinski definition) is 2. The smallest absolute Gasteiger partial charge is 0.272 e. The number of hydrazine groups is 1. The molecule has 3 N–H and O–H groups in total. The number of alkyl halides is 2. The fourth-order valence-electron chi connectivity index (χ4n) is 2.64. The summed E-state index contributed by atoms with van der Waals surface area (Å²) >= 11 is 0. The molecule has 0 radical (unpaired) electrons. The first kappa shape index (κ1) is 17.7. The normalized spacial score (nSPS) is 16.3. The van der Waals surface area contributed by atoms with Gasteiger partial charge in [0.15, 0.2) is 0 Å². The molecule has 5 nitrogen and oxygen atoms in total. The lowest BCUT2D eigenvalue weighted by atomic mass is 10.0. The fourth-order valence-corrected chi connectivity index (χ4v) is 2.64. The average Bonchev–Trinajstić information content (AvgIpc) is 3.00. The number of β-amino-alcohol motifs (C(OH)–C–C–N with tert-alkyl or cyclic N) is 1. The topological polar surface area (TPSA) is 62.0 Å². The van der Waals surface area contributed by atoms with E-state index in [9.17, 15) is 8.78 Å². The summed E-state index contributed by atoms with van der Waals surface area (Å²) in [7, 11) is 0. The highest BCUT2D eigenvalue weighted by atomic mass is 19.3. The summed E-state index contributed by atoms with van der Waals surface area (Å²) in [5, 5.41) is 13.2. The number of rotatable bonds is 8. The van der Waals surface area contributed by atoms with Crippen LogP contribution in [0.25, 0.3) is 0 Å². The third-order valence-electron chi connectivity index (χ3n) is 3.83. The Hall–Kier alpha value is -1.70. The third-order valence-corrected chi connectivity index (χ3v) is 3.83. The number of nitrogens with two attached hydrogens (primary N) is 1. The lowest BCUT2D eigenvalue weighted by Gasteiger charge is -2.34. The van der Waals surface area contributed by atoms with Crippen LogP contribution in [0.5, 0.6) is 5.75 Å². The van der Waals surface area contributed by atoms with Gasteiger partial charge in [0.2, 0.25) is 0 Å². The van der Waals surface area contributed by atoms with E-state index < -0.39 is 13.0 Å². The molecular weight excluding hydrogens is 304 g/mol. The molecule has 1 aliphatic heterocycles. The van der Waals surface area contributed by atoms with Gasteiger partial charge in [-0.2, -0.15) is 0 Å². The van der Waals surface area contributed by atoms with Crippen molar-refractivity contribution in [1.82, 2.24) is 10.0 Å². The zero-order valence-corrected chi connectivity index (χ0v) is 13.2. The second-order valence-corrected chi connectivity index (χ2v) is 5.34. The van der Waals surface area contributed by atoms with Crippen molar-refractivity contribution < 1.29 is 18.6 Å². The average molecular weight is 327 g/mol. The molecule has 2 rings (SSSR count).